The molecule has 1 heterocycles. The first-order chi connectivity index (χ1) is 15.6. The molecule has 0 unspecified atom stereocenters. The fraction of sp³-hybridized carbons (Fsp3) is 0.321. The molecule has 1 aliphatic carbocycles. The highest BCUT2D eigenvalue weighted by molar-refractivity contribution is 5.74. The molecule has 0 bridgehead atoms. The summed E-state index contributed by atoms with van der Waals surface area (Å²) in [6.07, 6.45) is 2.82. The lowest BCUT2D eigenvalue weighted by atomic mass is 9.64. The molecule has 0 saturated carbocycles. The summed E-state index contributed by atoms with van der Waals surface area (Å²) < 4.78 is 12.4. The zero-order valence-corrected chi connectivity index (χ0v) is 18.9. The Labute approximate surface area is 189 Å². The van der Waals surface area contributed by atoms with Crippen LogP contribution in [0.2, 0.25) is 0 Å². The van der Waals surface area contributed by atoms with Gasteiger partial charge in [0.1, 0.15) is 11.5 Å². The molecule has 1 amide bonds. The fourth-order valence-electron chi connectivity index (χ4n) is 5.72. The van der Waals surface area contributed by atoms with E-state index in [-0.39, 0.29) is 17.7 Å². The molecule has 0 aromatic heterocycles. The SMILES string of the molecule is CCc1ccccc1[C@@H]1c2cc(OC)ccc2O[C@@]2(NC(C)=O)c3ccccc3CC[C@@H]12. The van der Waals surface area contributed by atoms with Crippen LogP contribution in [0, 0.1) is 5.92 Å². The molecular weight excluding hydrogens is 398 g/mol. The zero-order valence-electron chi connectivity index (χ0n) is 18.9. The van der Waals surface area contributed by atoms with Crippen LogP contribution in [0.1, 0.15) is 54.0 Å². The van der Waals surface area contributed by atoms with E-state index in [9.17, 15) is 4.79 Å². The highest BCUT2D eigenvalue weighted by Gasteiger charge is 2.55. The van der Waals surface area contributed by atoms with E-state index in [0.29, 0.717) is 0 Å². The highest BCUT2D eigenvalue weighted by Crippen LogP contribution is 2.56. The number of amides is 1. The van der Waals surface area contributed by atoms with Crippen LogP contribution in [0.5, 0.6) is 11.5 Å². The average molecular weight is 428 g/mol. The summed E-state index contributed by atoms with van der Waals surface area (Å²) in [5.74, 6) is 1.64. The molecule has 3 aromatic rings. The smallest absolute Gasteiger partial charge is 0.220 e. The van der Waals surface area contributed by atoms with Crippen LogP contribution in [-0.2, 0) is 23.4 Å². The van der Waals surface area contributed by atoms with Crippen molar-refractivity contribution in [3.63, 3.8) is 0 Å². The number of hydrogen-bond donors (Lipinski definition) is 1. The molecule has 0 fully saturated rings. The third kappa shape index (κ3) is 3.17. The number of rotatable bonds is 4. The van der Waals surface area contributed by atoms with Crippen molar-refractivity contribution in [1.29, 1.82) is 0 Å². The Morgan fingerprint density at radius 1 is 1.09 bits per heavy atom. The summed E-state index contributed by atoms with van der Waals surface area (Å²) in [5, 5.41) is 3.27. The summed E-state index contributed by atoms with van der Waals surface area (Å²) >= 11 is 0. The third-order valence-electron chi connectivity index (χ3n) is 7.02. The van der Waals surface area contributed by atoms with Crippen molar-refractivity contribution in [2.75, 3.05) is 7.11 Å². The van der Waals surface area contributed by atoms with Crippen LogP contribution in [0.15, 0.2) is 66.7 Å². The summed E-state index contributed by atoms with van der Waals surface area (Å²) in [5.41, 5.74) is 5.13. The summed E-state index contributed by atoms with van der Waals surface area (Å²) in [6, 6.07) is 23.0. The standard InChI is InChI=1S/C28H29NO3/c1-4-19-9-5-7-11-22(19)27-23-17-21(31-3)14-16-26(23)32-28(29-18(2)30)24-12-8-6-10-20(24)13-15-25(27)28/h5-12,14,16-17,25,27H,4,13,15H2,1-3H3,(H,29,30)/t25-,27+,28-/m0/s1. The van der Waals surface area contributed by atoms with Crippen molar-refractivity contribution in [1.82, 2.24) is 5.32 Å². The molecule has 4 nitrogen and oxygen atoms in total. The Morgan fingerprint density at radius 2 is 1.88 bits per heavy atom. The first kappa shape index (κ1) is 20.6. The summed E-state index contributed by atoms with van der Waals surface area (Å²) in [7, 11) is 1.69. The van der Waals surface area contributed by atoms with Gasteiger partial charge < -0.3 is 14.8 Å². The molecule has 0 spiro atoms. The van der Waals surface area contributed by atoms with E-state index in [2.05, 4.69) is 60.8 Å². The first-order valence-corrected chi connectivity index (χ1v) is 11.4. The monoisotopic (exact) mass is 427 g/mol. The Kier molecular flexibility index (Phi) is 5.16. The number of ether oxygens (including phenoxy) is 2. The fourth-order valence-corrected chi connectivity index (χ4v) is 5.72. The predicted molar refractivity (Wildman–Crippen MR) is 125 cm³/mol. The van der Waals surface area contributed by atoms with Gasteiger partial charge in [-0.3, -0.25) is 4.79 Å². The predicted octanol–water partition coefficient (Wildman–Crippen LogP) is 5.33. The van der Waals surface area contributed by atoms with Gasteiger partial charge in [0, 0.05) is 29.9 Å². The lowest BCUT2D eigenvalue weighted by Gasteiger charge is -2.52. The molecule has 5 rings (SSSR count). The molecule has 1 aliphatic heterocycles. The average Bonchev–Trinajstić information content (AvgIpc) is 2.82. The number of methoxy groups -OCH3 is 1. The number of aryl methyl sites for hydroxylation is 2. The van der Waals surface area contributed by atoms with E-state index in [1.165, 1.54) is 16.7 Å². The van der Waals surface area contributed by atoms with Gasteiger partial charge in [-0.2, -0.15) is 0 Å². The Bertz CT molecular complexity index is 1170. The van der Waals surface area contributed by atoms with Gasteiger partial charge in [-0.25, -0.2) is 0 Å². The lowest BCUT2D eigenvalue weighted by molar-refractivity contribution is -0.132. The minimum Gasteiger partial charge on any atom is -0.497 e. The highest BCUT2D eigenvalue weighted by atomic mass is 16.5. The van der Waals surface area contributed by atoms with Gasteiger partial charge >= 0.3 is 0 Å². The Morgan fingerprint density at radius 3 is 2.66 bits per heavy atom. The van der Waals surface area contributed by atoms with Crippen LogP contribution in [0.3, 0.4) is 0 Å². The van der Waals surface area contributed by atoms with Gasteiger partial charge in [0.25, 0.3) is 0 Å². The molecule has 2 aliphatic rings. The second kappa shape index (κ2) is 8.01. The molecule has 4 heteroatoms. The minimum atomic E-state index is -0.909. The van der Waals surface area contributed by atoms with Crippen LogP contribution < -0.4 is 14.8 Å². The Hall–Kier alpha value is -3.27. The van der Waals surface area contributed by atoms with Crippen molar-refractivity contribution in [3.8, 4) is 11.5 Å². The van der Waals surface area contributed by atoms with Crippen molar-refractivity contribution in [2.45, 2.75) is 44.8 Å². The number of hydrogen-bond acceptors (Lipinski definition) is 3. The van der Waals surface area contributed by atoms with Crippen molar-refractivity contribution in [2.24, 2.45) is 5.92 Å². The van der Waals surface area contributed by atoms with E-state index >= 15 is 0 Å². The third-order valence-corrected chi connectivity index (χ3v) is 7.02. The minimum absolute atomic E-state index is 0.0496. The second-order valence-electron chi connectivity index (χ2n) is 8.76. The Balaban J connectivity index is 1.80. The number of carbonyl (C=O) groups is 1. The van der Waals surface area contributed by atoms with Crippen LogP contribution >= 0.6 is 0 Å². The van der Waals surface area contributed by atoms with E-state index < -0.39 is 5.72 Å². The summed E-state index contributed by atoms with van der Waals surface area (Å²) in [6.45, 7) is 3.77. The van der Waals surface area contributed by atoms with E-state index in [1.807, 2.05) is 18.2 Å². The summed E-state index contributed by atoms with van der Waals surface area (Å²) in [4.78, 5) is 12.5. The van der Waals surface area contributed by atoms with Gasteiger partial charge in [-0.05, 0) is 54.2 Å². The van der Waals surface area contributed by atoms with Gasteiger partial charge in [0.2, 0.25) is 11.6 Å². The van der Waals surface area contributed by atoms with Gasteiger partial charge in [0.15, 0.2) is 0 Å². The molecule has 32 heavy (non-hydrogen) atoms. The topological polar surface area (TPSA) is 47.6 Å². The number of benzene rings is 3. The van der Waals surface area contributed by atoms with Gasteiger partial charge in [0.05, 0.1) is 7.11 Å². The molecule has 0 saturated heterocycles. The van der Waals surface area contributed by atoms with Crippen LogP contribution in [-0.4, -0.2) is 13.0 Å². The largest absolute Gasteiger partial charge is 0.497 e. The molecule has 0 radical (unpaired) electrons. The van der Waals surface area contributed by atoms with E-state index in [4.69, 9.17) is 9.47 Å². The molecule has 3 atom stereocenters. The lowest BCUT2D eigenvalue weighted by Crippen LogP contribution is -2.60. The quantitative estimate of drug-likeness (QED) is 0.612. The van der Waals surface area contributed by atoms with E-state index in [0.717, 1.165) is 41.9 Å². The molecule has 164 valence electrons. The number of carbonyl (C=O) groups excluding carboxylic acids is 1. The van der Waals surface area contributed by atoms with Crippen LogP contribution in [0.4, 0.5) is 0 Å². The van der Waals surface area contributed by atoms with Gasteiger partial charge in [-0.1, -0.05) is 55.5 Å². The maximum Gasteiger partial charge on any atom is 0.220 e. The molecular formula is C28H29NO3. The number of nitrogens with one attached hydrogen (secondary N) is 1. The second-order valence-corrected chi connectivity index (χ2v) is 8.76. The van der Waals surface area contributed by atoms with Gasteiger partial charge in [-0.15, -0.1) is 0 Å². The van der Waals surface area contributed by atoms with E-state index in [1.54, 1.807) is 14.0 Å². The molecule has 1 N–H and O–H groups in total. The zero-order chi connectivity index (χ0) is 22.3. The molecule has 3 aromatic carbocycles. The van der Waals surface area contributed by atoms with Crippen molar-refractivity contribution >= 4 is 5.91 Å². The number of fused-ring (bicyclic) bond motifs is 4. The maximum absolute atomic E-state index is 12.5. The maximum atomic E-state index is 12.5. The van der Waals surface area contributed by atoms with Crippen molar-refractivity contribution < 1.29 is 14.3 Å². The van der Waals surface area contributed by atoms with Crippen LogP contribution in [0.25, 0.3) is 0 Å². The normalized spacial score (nSPS) is 23.2. The first-order valence-electron chi connectivity index (χ1n) is 11.4. The van der Waals surface area contributed by atoms with Crippen molar-refractivity contribution in [3.05, 3.63) is 94.5 Å².